The number of nitrogens with zero attached hydrogens (tertiary/aromatic N) is 2. The van der Waals surface area contributed by atoms with E-state index in [1.54, 1.807) is 61.3 Å². The summed E-state index contributed by atoms with van der Waals surface area (Å²) in [7, 11) is 3.18. The molecule has 1 heterocycles. The maximum atomic E-state index is 13.7. The zero-order chi connectivity index (χ0) is 24.4. The quantitative estimate of drug-likeness (QED) is 0.458. The molecule has 3 aromatic rings. The number of halogens is 1. The molecule has 0 radical (unpaired) electrons. The Labute approximate surface area is 204 Å². The van der Waals surface area contributed by atoms with Gasteiger partial charge in [-0.15, -0.1) is 0 Å². The van der Waals surface area contributed by atoms with Gasteiger partial charge in [0.2, 0.25) is 5.91 Å². The van der Waals surface area contributed by atoms with Gasteiger partial charge in [-0.2, -0.15) is 0 Å². The number of amides is 2. The summed E-state index contributed by atoms with van der Waals surface area (Å²) >= 11 is 6.09. The van der Waals surface area contributed by atoms with Crippen LogP contribution in [0.4, 0.5) is 11.4 Å². The van der Waals surface area contributed by atoms with E-state index in [0.29, 0.717) is 28.5 Å². The molecule has 0 aromatic heterocycles. The molecule has 0 unspecified atom stereocenters. The maximum Gasteiger partial charge on any atom is 0.258 e. The van der Waals surface area contributed by atoms with Crippen LogP contribution in [0.2, 0.25) is 5.02 Å². The first-order chi connectivity index (χ1) is 16.3. The van der Waals surface area contributed by atoms with Crippen LogP contribution in [0.5, 0.6) is 11.5 Å². The summed E-state index contributed by atoms with van der Waals surface area (Å²) in [6, 6.07) is 19.5. The van der Waals surface area contributed by atoms with Crippen molar-refractivity contribution in [3.8, 4) is 11.5 Å². The highest BCUT2D eigenvalue weighted by Gasteiger charge is 2.38. The predicted molar refractivity (Wildman–Crippen MR) is 134 cm³/mol. The lowest BCUT2D eigenvalue weighted by Crippen LogP contribution is -2.47. The molecule has 2 amide bonds. The zero-order valence-corrected chi connectivity index (χ0v) is 20.4. The summed E-state index contributed by atoms with van der Waals surface area (Å²) < 4.78 is 10.8. The number of fused-ring (bicyclic) bond motifs is 1. The fraction of sp³-hybridized carbons (Fsp3) is 0.259. The Balaban J connectivity index is 1.82. The van der Waals surface area contributed by atoms with E-state index in [0.717, 1.165) is 16.9 Å². The van der Waals surface area contributed by atoms with Crippen molar-refractivity contribution < 1.29 is 19.1 Å². The van der Waals surface area contributed by atoms with E-state index in [1.165, 1.54) is 0 Å². The molecule has 0 bridgehead atoms. The molecule has 3 aromatic carbocycles. The second-order valence-electron chi connectivity index (χ2n) is 8.30. The average Bonchev–Trinajstić information content (AvgIpc) is 2.84. The van der Waals surface area contributed by atoms with Crippen LogP contribution in [0.25, 0.3) is 0 Å². The number of methoxy groups -OCH3 is 2. The highest BCUT2D eigenvalue weighted by atomic mass is 35.5. The number of carbonyl (C=O) groups is 2. The largest absolute Gasteiger partial charge is 0.497 e. The van der Waals surface area contributed by atoms with Gasteiger partial charge in [-0.3, -0.25) is 9.59 Å². The average molecular weight is 479 g/mol. The highest BCUT2D eigenvalue weighted by molar-refractivity contribution is 6.30. The molecule has 0 saturated carbocycles. The first-order valence-electron chi connectivity index (χ1n) is 11.0. The molecule has 0 N–H and O–H groups in total. The first-order valence-corrected chi connectivity index (χ1v) is 11.4. The minimum atomic E-state index is -0.284. The summed E-state index contributed by atoms with van der Waals surface area (Å²) in [5.74, 6) is 1.05. The molecular formula is C27H27ClN2O4. The number of benzene rings is 3. The topological polar surface area (TPSA) is 59.1 Å². The minimum Gasteiger partial charge on any atom is -0.497 e. The summed E-state index contributed by atoms with van der Waals surface area (Å²) in [5, 5.41) is 0.599. The van der Waals surface area contributed by atoms with Gasteiger partial charge in [-0.25, -0.2) is 0 Å². The third-order valence-electron chi connectivity index (χ3n) is 6.15. The van der Waals surface area contributed by atoms with Crippen molar-refractivity contribution in [3.63, 3.8) is 0 Å². The summed E-state index contributed by atoms with van der Waals surface area (Å²) in [4.78, 5) is 30.1. The van der Waals surface area contributed by atoms with Crippen LogP contribution < -0.4 is 19.3 Å². The molecule has 6 nitrogen and oxygen atoms in total. The van der Waals surface area contributed by atoms with Crippen LogP contribution in [-0.2, 0) is 4.79 Å². The molecule has 2 atom stereocenters. The van der Waals surface area contributed by atoms with Crippen LogP contribution in [0.15, 0.2) is 66.7 Å². The fourth-order valence-electron chi connectivity index (χ4n) is 4.57. The fourth-order valence-corrected chi connectivity index (χ4v) is 4.70. The molecule has 4 rings (SSSR count). The number of anilines is 2. The monoisotopic (exact) mass is 478 g/mol. The Morgan fingerprint density at radius 1 is 0.971 bits per heavy atom. The number of carbonyl (C=O) groups excluding carboxylic acids is 2. The van der Waals surface area contributed by atoms with Crippen LogP contribution in [0.3, 0.4) is 0 Å². The second kappa shape index (κ2) is 9.77. The Kier molecular flexibility index (Phi) is 6.80. The van der Waals surface area contributed by atoms with E-state index in [1.807, 2.05) is 43.3 Å². The van der Waals surface area contributed by atoms with Crippen molar-refractivity contribution in [3.05, 3.63) is 82.9 Å². The number of hydrogen-bond acceptors (Lipinski definition) is 4. The Morgan fingerprint density at radius 2 is 1.65 bits per heavy atom. The summed E-state index contributed by atoms with van der Waals surface area (Å²) in [5.41, 5.74) is 2.87. The third kappa shape index (κ3) is 4.46. The van der Waals surface area contributed by atoms with Crippen molar-refractivity contribution in [2.24, 2.45) is 0 Å². The Morgan fingerprint density at radius 3 is 2.29 bits per heavy atom. The lowest BCUT2D eigenvalue weighted by atomic mass is 9.89. The SMILES string of the molecule is COc1cccc(C(=O)N2c3ccc(OC)cc3[C@@H](N(C(C)=O)c3ccc(Cl)cc3)C[C@H]2C)c1. The van der Waals surface area contributed by atoms with Gasteiger partial charge in [0.25, 0.3) is 5.91 Å². The molecule has 0 saturated heterocycles. The van der Waals surface area contributed by atoms with Gasteiger partial charge in [-0.05, 0) is 74.0 Å². The number of ether oxygens (including phenoxy) is 2. The first kappa shape index (κ1) is 23.6. The standard InChI is InChI=1S/C27H27ClN2O4/c1-17-14-26(30(18(2)31)21-10-8-20(28)9-11-21)24-16-23(34-4)12-13-25(24)29(17)27(32)19-6-5-7-22(15-19)33-3/h5-13,15-17,26H,14H2,1-4H3/t17-,26+/m1/s1. The predicted octanol–water partition coefficient (Wildman–Crippen LogP) is 5.89. The van der Waals surface area contributed by atoms with E-state index in [4.69, 9.17) is 21.1 Å². The van der Waals surface area contributed by atoms with E-state index in [-0.39, 0.29) is 23.9 Å². The van der Waals surface area contributed by atoms with Crippen LogP contribution in [-0.4, -0.2) is 32.1 Å². The minimum absolute atomic E-state index is 0.0964. The molecule has 7 heteroatoms. The number of hydrogen-bond donors (Lipinski definition) is 0. The molecule has 1 aliphatic rings. The molecule has 0 aliphatic carbocycles. The van der Waals surface area contributed by atoms with Crippen molar-refractivity contribution in [2.75, 3.05) is 24.0 Å². The maximum absolute atomic E-state index is 13.7. The smallest absolute Gasteiger partial charge is 0.258 e. The highest BCUT2D eigenvalue weighted by Crippen LogP contribution is 2.44. The molecular weight excluding hydrogens is 452 g/mol. The van der Waals surface area contributed by atoms with Gasteiger partial charge >= 0.3 is 0 Å². The van der Waals surface area contributed by atoms with Crippen LogP contribution >= 0.6 is 11.6 Å². The molecule has 0 spiro atoms. The second-order valence-corrected chi connectivity index (χ2v) is 8.73. The van der Waals surface area contributed by atoms with E-state index in [2.05, 4.69) is 0 Å². The van der Waals surface area contributed by atoms with Gasteiger partial charge in [0, 0.05) is 40.5 Å². The molecule has 0 fully saturated rings. The molecule has 1 aliphatic heterocycles. The lowest BCUT2D eigenvalue weighted by Gasteiger charge is -2.43. The van der Waals surface area contributed by atoms with Gasteiger partial charge in [0.05, 0.1) is 20.3 Å². The van der Waals surface area contributed by atoms with E-state index in [9.17, 15) is 9.59 Å². The van der Waals surface area contributed by atoms with Crippen molar-refractivity contribution in [2.45, 2.75) is 32.4 Å². The van der Waals surface area contributed by atoms with Crippen LogP contribution in [0, 0.1) is 0 Å². The van der Waals surface area contributed by atoms with Gasteiger partial charge in [0.1, 0.15) is 11.5 Å². The van der Waals surface area contributed by atoms with Crippen molar-refractivity contribution in [1.82, 2.24) is 0 Å². The Bertz CT molecular complexity index is 1210. The van der Waals surface area contributed by atoms with E-state index < -0.39 is 0 Å². The Hall–Kier alpha value is -3.51. The normalized spacial score (nSPS) is 17.0. The van der Waals surface area contributed by atoms with Crippen LogP contribution in [0.1, 0.15) is 42.2 Å². The summed E-state index contributed by atoms with van der Waals surface area (Å²) in [6.45, 7) is 3.55. The third-order valence-corrected chi connectivity index (χ3v) is 6.40. The number of rotatable bonds is 5. The zero-order valence-electron chi connectivity index (χ0n) is 19.6. The lowest BCUT2D eigenvalue weighted by molar-refractivity contribution is -0.117. The molecule has 176 valence electrons. The van der Waals surface area contributed by atoms with Crippen molar-refractivity contribution in [1.29, 1.82) is 0 Å². The summed E-state index contributed by atoms with van der Waals surface area (Å²) in [6.07, 6.45) is 0.554. The van der Waals surface area contributed by atoms with E-state index >= 15 is 0 Å². The van der Waals surface area contributed by atoms with Gasteiger partial charge in [-0.1, -0.05) is 17.7 Å². The van der Waals surface area contributed by atoms with Gasteiger partial charge < -0.3 is 19.3 Å². The van der Waals surface area contributed by atoms with Crippen molar-refractivity contribution >= 4 is 34.8 Å². The van der Waals surface area contributed by atoms with Gasteiger partial charge in [0.15, 0.2) is 0 Å². The molecule has 34 heavy (non-hydrogen) atoms.